The minimum Gasteiger partial charge on any atom is -0.352 e. The van der Waals surface area contributed by atoms with Crippen molar-refractivity contribution in [2.75, 3.05) is 0 Å². The molecule has 0 fully saturated rings. The molecule has 4 rings (SSSR count). The van der Waals surface area contributed by atoms with Gasteiger partial charge in [0.05, 0.1) is 5.69 Å². The number of nitrogens with one attached hydrogen (secondary N) is 1. The minimum absolute atomic E-state index is 0.0259. The number of hydrogen-bond donors (Lipinski definition) is 1. The number of hydrogen-bond acceptors (Lipinski definition) is 2. The van der Waals surface area contributed by atoms with Crippen molar-refractivity contribution in [2.24, 2.45) is 0 Å². The second-order valence-electron chi connectivity index (χ2n) is 6.93. The van der Waals surface area contributed by atoms with Crippen LogP contribution in [0.1, 0.15) is 29.0 Å². The minimum atomic E-state index is 0.0259. The summed E-state index contributed by atoms with van der Waals surface area (Å²) in [4.78, 5) is 12.8. The fraction of sp³-hybridized carbons (Fsp3) is 0.120. The van der Waals surface area contributed by atoms with Gasteiger partial charge >= 0.3 is 0 Å². The van der Waals surface area contributed by atoms with Crippen molar-refractivity contribution in [3.05, 3.63) is 120 Å². The van der Waals surface area contributed by atoms with Gasteiger partial charge in [-0.15, -0.1) is 0 Å². The molecule has 4 nitrogen and oxygen atoms in total. The van der Waals surface area contributed by atoms with Crippen LogP contribution >= 0.6 is 0 Å². The molecule has 0 saturated heterocycles. The number of para-hydroxylation sites is 1. The molecule has 1 heterocycles. The molecule has 0 unspecified atom stereocenters. The van der Waals surface area contributed by atoms with Crippen LogP contribution in [-0.2, 0) is 11.3 Å². The maximum atomic E-state index is 12.8. The largest absolute Gasteiger partial charge is 0.352 e. The lowest BCUT2D eigenvalue weighted by atomic mass is 9.88. The molecule has 1 amide bonds. The SMILES string of the molecule is O=C(CC(c1ccccc1)c1ccccc1)NCc1ccccc1-n1cccn1. The summed E-state index contributed by atoms with van der Waals surface area (Å²) in [6.07, 6.45) is 4.05. The second-order valence-corrected chi connectivity index (χ2v) is 6.93. The third-order valence-electron chi connectivity index (χ3n) is 5.01. The molecular formula is C25H23N3O. The Hall–Kier alpha value is -3.66. The molecular weight excluding hydrogens is 358 g/mol. The summed E-state index contributed by atoms with van der Waals surface area (Å²) in [5.41, 5.74) is 4.29. The van der Waals surface area contributed by atoms with Crippen LogP contribution in [0.15, 0.2) is 103 Å². The van der Waals surface area contributed by atoms with Crippen LogP contribution in [0.25, 0.3) is 5.69 Å². The van der Waals surface area contributed by atoms with Crippen LogP contribution in [0.3, 0.4) is 0 Å². The number of carbonyl (C=O) groups excluding carboxylic acids is 1. The lowest BCUT2D eigenvalue weighted by Gasteiger charge is -2.18. The Balaban J connectivity index is 1.49. The number of benzene rings is 3. The van der Waals surface area contributed by atoms with Crippen molar-refractivity contribution >= 4 is 5.91 Å². The van der Waals surface area contributed by atoms with Crippen molar-refractivity contribution in [1.82, 2.24) is 15.1 Å². The Bertz CT molecular complexity index is 1000. The second kappa shape index (κ2) is 9.02. The summed E-state index contributed by atoms with van der Waals surface area (Å²) in [5, 5.41) is 7.40. The maximum absolute atomic E-state index is 12.8. The summed E-state index contributed by atoms with van der Waals surface area (Å²) in [5.74, 6) is 0.0525. The lowest BCUT2D eigenvalue weighted by Crippen LogP contribution is -2.25. The smallest absolute Gasteiger partial charge is 0.221 e. The molecule has 4 heteroatoms. The van der Waals surface area contributed by atoms with E-state index < -0.39 is 0 Å². The molecule has 1 aromatic heterocycles. The average Bonchev–Trinajstić information content (AvgIpc) is 3.32. The quantitative estimate of drug-likeness (QED) is 0.504. The third-order valence-corrected chi connectivity index (χ3v) is 5.01. The van der Waals surface area contributed by atoms with Crippen LogP contribution < -0.4 is 5.32 Å². The Morgan fingerprint density at radius 1 is 0.828 bits per heavy atom. The highest BCUT2D eigenvalue weighted by Crippen LogP contribution is 2.27. The van der Waals surface area contributed by atoms with Crippen molar-refractivity contribution in [1.29, 1.82) is 0 Å². The molecule has 0 atom stereocenters. The zero-order valence-corrected chi connectivity index (χ0v) is 16.1. The van der Waals surface area contributed by atoms with Crippen LogP contribution in [0.2, 0.25) is 0 Å². The maximum Gasteiger partial charge on any atom is 0.221 e. The summed E-state index contributed by atoms with van der Waals surface area (Å²) in [6, 6.07) is 30.3. The van der Waals surface area contributed by atoms with Gasteiger partial charge in [-0.1, -0.05) is 78.9 Å². The third kappa shape index (κ3) is 4.61. The number of carbonyl (C=O) groups is 1. The molecule has 0 spiro atoms. The first kappa shape index (κ1) is 18.7. The first-order chi connectivity index (χ1) is 14.3. The molecule has 3 aromatic carbocycles. The molecule has 0 aliphatic rings. The van der Waals surface area contributed by atoms with Gasteiger partial charge in [0, 0.05) is 31.3 Å². The summed E-state index contributed by atoms with van der Waals surface area (Å²) >= 11 is 0. The Morgan fingerprint density at radius 2 is 1.45 bits per heavy atom. The van der Waals surface area contributed by atoms with Crippen molar-refractivity contribution in [3.63, 3.8) is 0 Å². The summed E-state index contributed by atoms with van der Waals surface area (Å²) < 4.78 is 1.82. The molecule has 144 valence electrons. The van der Waals surface area contributed by atoms with Gasteiger partial charge in [-0.2, -0.15) is 5.10 Å². The van der Waals surface area contributed by atoms with Gasteiger partial charge in [0.25, 0.3) is 0 Å². The molecule has 0 bridgehead atoms. The topological polar surface area (TPSA) is 46.9 Å². The lowest BCUT2D eigenvalue weighted by molar-refractivity contribution is -0.121. The van der Waals surface area contributed by atoms with Crippen molar-refractivity contribution in [2.45, 2.75) is 18.9 Å². The predicted molar refractivity (Wildman–Crippen MR) is 115 cm³/mol. The normalized spacial score (nSPS) is 10.8. The predicted octanol–water partition coefficient (Wildman–Crippen LogP) is 4.71. The zero-order valence-electron chi connectivity index (χ0n) is 16.1. The van der Waals surface area contributed by atoms with Gasteiger partial charge in [-0.05, 0) is 28.8 Å². The fourth-order valence-electron chi connectivity index (χ4n) is 3.55. The van der Waals surface area contributed by atoms with Gasteiger partial charge < -0.3 is 5.32 Å². The molecule has 0 radical (unpaired) electrons. The highest BCUT2D eigenvalue weighted by molar-refractivity contribution is 5.77. The first-order valence-corrected chi connectivity index (χ1v) is 9.76. The van der Waals surface area contributed by atoms with E-state index in [1.807, 2.05) is 77.6 Å². The summed E-state index contributed by atoms with van der Waals surface area (Å²) in [7, 11) is 0. The monoisotopic (exact) mass is 381 g/mol. The number of nitrogens with zero attached hydrogens (tertiary/aromatic N) is 2. The van der Waals surface area contributed by atoms with E-state index in [0.717, 1.165) is 22.4 Å². The van der Waals surface area contributed by atoms with E-state index in [-0.39, 0.29) is 11.8 Å². The summed E-state index contributed by atoms with van der Waals surface area (Å²) in [6.45, 7) is 0.463. The number of amides is 1. The van der Waals surface area contributed by atoms with E-state index in [0.29, 0.717) is 13.0 Å². The molecule has 4 aromatic rings. The highest BCUT2D eigenvalue weighted by atomic mass is 16.1. The van der Waals surface area contributed by atoms with Crippen LogP contribution in [-0.4, -0.2) is 15.7 Å². The highest BCUT2D eigenvalue weighted by Gasteiger charge is 2.18. The Kier molecular flexibility index (Phi) is 5.81. The molecule has 1 N–H and O–H groups in total. The van der Waals surface area contributed by atoms with Gasteiger partial charge in [0.2, 0.25) is 5.91 Å². The zero-order chi connectivity index (χ0) is 19.9. The van der Waals surface area contributed by atoms with Crippen LogP contribution in [0.5, 0.6) is 0 Å². The Labute approximate surface area is 170 Å². The van der Waals surface area contributed by atoms with Crippen molar-refractivity contribution < 1.29 is 4.79 Å². The first-order valence-electron chi connectivity index (χ1n) is 9.76. The number of rotatable bonds is 7. The van der Waals surface area contributed by atoms with Gasteiger partial charge in [0.1, 0.15) is 0 Å². The Morgan fingerprint density at radius 3 is 2.07 bits per heavy atom. The van der Waals surface area contributed by atoms with Gasteiger partial charge in [-0.25, -0.2) is 4.68 Å². The van der Waals surface area contributed by atoms with Crippen LogP contribution in [0, 0.1) is 0 Å². The molecule has 0 saturated carbocycles. The number of aromatic nitrogens is 2. The van der Waals surface area contributed by atoms with Gasteiger partial charge in [0.15, 0.2) is 0 Å². The average molecular weight is 381 g/mol. The fourth-order valence-corrected chi connectivity index (χ4v) is 3.55. The van der Waals surface area contributed by atoms with E-state index in [2.05, 4.69) is 34.7 Å². The van der Waals surface area contributed by atoms with Gasteiger partial charge in [-0.3, -0.25) is 4.79 Å². The van der Waals surface area contributed by atoms with E-state index in [1.165, 1.54) is 0 Å². The molecule has 0 aliphatic heterocycles. The van der Waals surface area contributed by atoms with E-state index in [4.69, 9.17) is 0 Å². The molecule has 0 aliphatic carbocycles. The van der Waals surface area contributed by atoms with E-state index in [1.54, 1.807) is 6.20 Å². The van der Waals surface area contributed by atoms with E-state index >= 15 is 0 Å². The van der Waals surface area contributed by atoms with E-state index in [9.17, 15) is 4.79 Å². The molecule has 29 heavy (non-hydrogen) atoms. The van der Waals surface area contributed by atoms with Crippen LogP contribution in [0.4, 0.5) is 0 Å². The standard InChI is InChI=1S/C25H23N3O/c29-25(26-19-22-14-7-8-15-24(22)28-17-9-16-27-28)18-23(20-10-3-1-4-11-20)21-12-5-2-6-13-21/h1-17,23H,18-19H2,(H,26,29). The van der Waals surface area contributed by atoms with Crippen molar-refractivity contribution in [3.8, 4) is 5.69 Å².